The monoisotopic (exact) mass is 253 g/mol. The Bertz CT molecular complexity index is 388. The lowest BCUT2D eigenvalue weighted by Gasteiger charge is -2.30. The molecule has 2 rings (SSSR count). The molecule has 1 aliphatic carbocycles. The molecule has 1 aromatic carbocycles. The highest BCUT2D eigenvalue weighted by atomic mass is 19.2. The maximum atomic E-state index is 13.6. The summed E-state index contributed by atoms with van der Waals surface area (Å²) in [6.07, 6.45) is 5.54. The van der Waals surface area contributed by atoms with E-state index in [1.54, 1.807) is 12.1 Å². The van der Waals surface area contributed by atoms with Crippen LogP contribution in [0.1, 0.15) is 38.2 Å². The second kappa shape index (κ2) is 6.28. The van der Waals surface area contributed by atoms with E-state index in [0.29, 0.717) is 12.0 Å². The van der Waals surface area contributed by atoms with Gasteiger partial charge in [0.15, 0.2) is 11.6 Å². The Morgan fingerprint density at radius 3 is 2.72 bits per heavy atom. The van der Waals surface area contributed by atoms with E-state index in [-0.39, 0.29) is 6.04 Å². The van der Waals surface area contributed by atoms with E-state index in [9.17, 15) is 8.78 Å². The average molecular weight is 253 g/mol. The molecular formula is C15H21F2N. The van der Waals surface area contributed by atoms with Gasteiger partial charge in [-0.15, -0.1) is 0 Å². The van der Waals surface area contributed by atoms with Crippen molar-refractivity contribution in [3.05, 3.63) is 35.4 Å². The topological polar surface area (TPSA) is 12.0 Å². The molecule has 1 aliphatic rings. The second-order valence-corrected chi connectivity index (χ2v) is 5.20. The van der Waals surface area contributed by atoms with Crippen molar-refractivity contribution in [3.8, 4) is 0 Å². The molecule has 0 spiro atoms. The molecule has 100 valence electrons. The third kappa shape index (κ3) is 3.29. The Balaban J connectivity index is 2.00. The lowest BCUT2D eigenvalue weighted by atomic mass is 9.80. The average Bonchev–Trinajstić information content (AvgIpc) is 2.30. The zero-order valence-electron chi connectivity index (χ0n) is 10.9. The number of likely N-dealkylation sites (N-methyl/N-ethyl adjacent to an activating group) is 1. The lowest BCUT2D eigenvalue weighted by Crippen LogP contribution is -2.34. The van der Waals surface area contributed by atoms with Gasteiger partial charge in [-0.25, -0.2) is 8.78 Å². The van der Waals surface area contributed by atoms with Crippen LogP contribution in [-0.2, 0) is 6.42 Å². The summed E-state index contributed by atoms with van der Waals surface area (Å²) < 4.78 is 26.8. The van der Waals surface area contributed by atoms with Crippen LogP contribution in [0.15, 0.2) is 18.2 Å². The van der Waals surface area contributed by atoms with Gasteiger partial charge >= 0.3 is 0 Å². The van der Waals surface area contributed by atoms with E-state index >= 15 is 0 Å². The fourth-order valence-corrected chi connectivity index (χ4v) is 2.63. The molecule has 0 saturated heterocycles. The van der Waals surface area contributed by atoms with Gasteiger partial charge in [0.1, 0.15) is 0 Å². The fourth-order valence-electron chi connectivity index (χ4n) is 2.63. The van der Waals surface area contributed by atoms with Crippen LogP contribution in [0.25, 0.3) is 0 Å². The van der Waals surface area contributed by atoms with Gasteiger partial charge in [-0.1, -0.05) is 38.3 Å². The van der Waals surface area contributed by atoms with Gasteiger partial charge in [0.25, 0.3) is 0 Å². The van der Waals surface area contributed by atoms with Gasteiger partial charge in [-0.05, 0) is 36.9 Å². The summed E-state index contributed by atoms with van der Waals surface area (Å²) in [6, 6.07) is 4.70. The Kier molecular flexibility index (Phi) is 4.70. The molecule has 1 nitrogen and oxygen atoms in total. The van der Waals surface area contributed by atoms with Gasteiger partial charge in [-0.2, -0.15) is 0 Å². The molecule has 1 unspecified atom stereocenters. The maximum Gasteiger partial charge on any atom is 0.162 e. The zero-order chi connectivity index (χ0) is 13.0. The molecule has 3 heteroatoms. The van der Waals surface area contributed by atoms with Gasteiger partial charge in [0.2, 0.25) is 0 Å². The number of rotatable bonds is 6. The third-order valence-electron chi connectivity index (χ3n) is 3.83. The summed E-state index contributed by atoms with van der Waals surface area (Å²) in [5.41, 5.74) is 0.486. The van der Waals surface area contributed by atoms with Crippen LogP contribution in [-0.4, -0.2) is 12.6 Å². The molecule has 1 atom stereocenters. The molecule has 1 saturated carbocycles. The second-order valence-electron chi connectivity index (χ2n) is 5.20. The maximum absolute atomic E-state index is 13.6. The Morgan fingerprint density at radius 1 is 1.33 bits per heavy atom. The van der Waals surface area contributed by atoms with Crippen molar-refractivity contribution >= 4 is 0 Å². The van der Waals surface area contributed by atoms with Crippen LogP contribution >= 0.6 is 0 Å². The molecule has 0 amide bonds. The number of halogens is 2. The summed E-state index contributed by atoms with van der Waals surface area (Å²) in [4.78, 5) is 0. The number of nitrogens with one attached hydrogen (secondary N) is 1. The van der Waals surface area contributed by atoms with Crippen molar-refractivity contribution in [2.24, 2.45) is 5.92 Å². The van der Waals surface area contributed by atoms with Gasteiger partial charge in [0, 0.05) is 6.04 Å². The van der Waals surface area contributed by atoms with Crippen molar-refractivity contribution in [1.82, 2.24) is 5.32 Å². The largest absolute Gasteiger partial charge is 0.314 e. The summed E-state index contributed by atoms with van der Waals surface area (Å²) in [5, 5.41) is 3.39. The minimum atomic E-state index is -0.744. The molecular weight excluding hydrogens is 232 g/mol. The summed E-state index contributed by atoms with van der Waals surface area (Å²) in [7, 11) is 0. The molecule has 0 radical (unpaired) electrons. The van der Waals surface area contributed by atoms with E-state index in [2.05, 4.69) is 12.2 Å². The fraction of sp³-hybridized carbons (Fsp3) is 0.600. The molecule has 0 aliphatic heterocycles. The molecule has 1 N–H and O–H groups in total. The zero-order valence-corrected chi connectivity index (χ0v) is 10.9. The van der Waals surface area contributed by atoms with Crippen LogP contribution in [0.3, 0.4) is 0 Å². The molecule has 1 aromatic rings. The first-order chi connectivity index (χ1) is 8.70. The van der Waals surface area contributed by atoms with Crippen molar-refractivity contribution < 1.29 is 8.78 Å². The SMILES string of the molecule is CCNC(Cc1cccc(F)c1F)CC1CCC1. The Labute approximate surface area is 108 Å². The smallest absolute Gasteiger partial charge is 0.162 e. The number of benzene rings is 1. The summed E-state index contributed by atoms with van der Waals surface area (Å²) in [5.74, 6) is -0.661. The normalized spacial score (nSPS) is 17.5. The van der Waals surface area contributed by atoms with Gasteiger partial charge < -0.3 is 5.32 Å². The summed E-state index contributed by atoms with van der Waals surface area (Å²) >= 11 is 0. The Hall–Kier alpha value is -0.960. The standard InChI is InChI=1S/C15H21F2N/c1-2-18-13(9-11-5-3-6-11)10-12-7-4-8-14(16)15(12)17/h4,7-8,11,13,18H,2-3,5-6,9-10H2,1H3. The first-order valence-electron chi connectivity index (χ1n) is 6.87. The minimum absolute atomic E-state index is 0.261. The number of hydrogen-bond donors (Lipinski definition) is 1. The van der Waals surface area contributed by atoms with Crippen LogP contribution in [0.2, 0.25) is 0 Å². The number of hydrogen-bond acceptors (Lipinski definition) is 1. The van der Waals surface area contributed by atoms with Crippen LogP contribution in [0, 0.1) is 17.6 Å². The highest BCUT2D eigenvalue weighted by molar-refractivity contribution is 5.20. The predicted molar refractivity (Wildman–Crippen MR) is 69.5 cm³/mol. The molecule has 0 aromatic heterocycles. The molecule has 0 bridgehead atoms. The molecule has 18 heavy (non-hydrogen) atoms. The highest BCUT2D eigenvalue weighted by Crippen LogP contribution is 2.31. The van der Waals surface area contributed by atoms with Crippen LogP contribution in [0.4, 0.5) is 8.78 Å². The third-order valence-corrected chi connectivity index (χ3v) is 3.83. The van der Waals surface area contributed by atoms with E-state index in [1.807, 2.05) is 0 Å². The summed E-state index contributed by atoms with van der Waals surface area (Å²) in [6.45, 7) is 2.92. The lowest BCUT2D eigenvalue weighted by molar-refractivity contribution is 0.259. The quantitative estimate of drug-likeness (QED) is 0.815. The van der Waals surface area contributed by atoms with Crippen LogP contribution < -0.4 is 5.32 Å². The predicted octanol–water partition coefficient (Wildman–Crippen LogP) is 3.68. The van der Waals surface area contributed by atoms with E-state index < -0.39 is 11.6 Å². The Morgan fingerprint density at radius 2 is 2.11 bits per heavy atom. The van der Waals surface area contributed by atoms with Crippen molar-refractivity contribution in [3.63, 3.8) is 0 Å². The van der Waals surface area contributed by atoms with E-state index in [4.69, 9.17) is 0 Å². The minimum Gasteiger partial charge on any atom is -0.314 e. The van der Waals surface area contributed by atoms with Crippen molar-refractivity contribution in [2.45, 2.75) is 45.1 Å². The van der Waals surface area contributed by atoms with E-state index in [0.717, 1.165) is 18.9 Å². The van der Waals surface area contributed by atoms with Crippen LogP contribution in [0.5, 0.6) is 0 Å². The van der Waals surface area contributed by atoms with Gasteiger partial charge in [-0.3, -0.25) is 0 Å². The van der Waals surface area contributed by atoms with E-state index in [1.165, 1.54) is 25.3 Å². The molecule has 0 heterocycles. The first-order valence-corrected chi connectivity index (χ1v) is 6.87. The molecule has 1 fully saturated rings. The first kappa shape index (κ1) is 13.5. The van der Waals surface area contributed by atoms with Crippen molar-refractivity contribution in [1.29, 1.82) is 0 Å². The highest BCUT2D eigenvalue weighted by Gasteiger charge is 2.22. The van der Waals surface area contributed by atoms with Gasteiger partial charge in [0.05, 0.1) is 0 Å². The van der Waals surface area contributed by atoms with Crippen molar-refractivity contribution in [2.75, 3.05) is 6.54 Å².